The van der Waals surface area contributed by atoms with E-state index in [1.54, 1.807) is 0 Å². The number of anilines is 1. The smallest absolute Gasteiger partial charge is 0.343 e. The Morgan fingerprint density at radius 2 is 1.77 bits per heavy atom. The van der Waals surface area contributed by atoms with Crippen molar-refractivity contribution in [2.75, 3.05) is 11.1 Å². The number of nitrogens with one attached hydrogen (secondary N) is 1. The first-order valence-electron chi connectivity index (χ1n) is 8.54. The number of pyridine rings is 1. The number of carbonyl (C=O) groups is 1. The number of alkyl halides is 3. The molecule has 0 saturated heterocycles. The summed E-state index contributed by atoms with van der Waals surface area (Å²) in [5.41, 5.74) is -3.70. The van der Waals surface area contributed by atoms with Crippen LogP contribution < -0.4 is 5.32 Å². The number of carbonyl (C=O) groups excluding carboxylic acids is 1. The topological polar surface area (TPSA) is 81.1 Å². The average molecular weight is 455 g/mol. The summed E-state index contributed by atoms with van der Waals surface area (Å²) in [4.78, 5) is 14.1. The highest BCUT2D eigenvalue weighted by Crippen LogP contribution is 2.54. The Morgan fingerprint density at radius 1 is 1.20 bits per heavy atom. The second kappa shape index (κ2) is 7.29. The van der Waals surface area contributed by atoms with Gasteiger partial charge in [-0.15, -0.1) is 0 Å². The predicted molar refractivity (Wildman–Crippen MR) is 91.9 cm³/mol. The van der Waals surface area contributed by atoms with Gasteiger partial charge in [0.05, 0.1) is 16.9 Å². The van der Waals surface area contributed by atoms with Crippen LogP contribution in [0, 0.1) is 23.1 Å². The van der Waals surface area contributed by atoms with Crippen LogP contribution in [-0.4, -0.2) is 35.8 Å². The van der Waals surface area contributed by atoms with Crippen LogP contribution in [0.5, 0.6) is 0 Å². The Morgan fingerprint density at radius 3 is 2.23 bits per heavy atom. The quantitative estimate of drug-likeness (QED) is 0.552. The first-order valence-corrected chi connectivity index (χ1v) is 10.2. The highest BCUT2D eigenvalue weighted by Gasteiger charge is 2.60. The Balaban J connectivity index is 1.92. The number of hydrogen-bond donors (Lipinski definition) is 1. The number of hydrogen-bond acceptors (Lipinski definition) is 4. The second-order valence-electron chi connectivity index (χ2n) is 7.11. The SMILES string of the molecule is Cn1cc(S(=O)(=O)CC2(C(F)(F)F)CCC2)c(F)c1C(=O)Nc1cc(F)nc(F)c1. The van der Waals surface area contributed by atoms with Crippen LogP contribution in [0.4, 0.5) is 32.0 Å². The molecule has 2 aromatic heterocycles. The first kappa shape index (κ1) is 22.1. The molecule has 6 nitrogen and oxygen atoms in total. The Bertz CT molecular complexity index is 1090. The third kappa shape index (κ3) is 3.89. The molecule has 13 heteroatoms. The van der Waals surface area contributed by atoms with E-state index in [1.165, 1.54) is 0 Å². The van der Waals surface area contributed by atoms with E-state index in [0.717, 1.165) is 11.6 Å². The zero-order valence-corrected chi connectivity index (χ0v) is 16.2. The minimum absolute atomic E-state index is 0.193. The fourth-order valence-corrected chi connectivity index (χ4v) is 5.35. The maximum absolute atomic E-state index is 14.8. The van der Waals surface area contributed by atoms with Crippen LogP contribution in [0.15, 0.2) is 23.2 Å². The van der Waals surface area contributed by atoms with Gasteiger partial charge in [-0.3, -0.25) is 4.79 Å². The summed E-state index contributed by atoms with van der Waals surface area (Å²) in [5, 5.41) is 1.99. The number of rotatable bonds is 5. The standard InChI is InChI=1S/C17H15F6N3O3S/c1-26-7-10(30(28,29)8-16(3-2-4-16)17(21,22)23)13(20)14(26)15(27)24-9-5-11(18)25-12(19)6-9/h5-7H,2-4,8H2,1H3,(H,24,25,27). The van der Waals surface area contributed by atoms with Crippen molar-refractivity contribution in [3.63, 3.8) is 0 Å². The molecule has 0 unspecified atom stereocenters. The van der Waals surface area contributed by atoms with Crippen LogP contribution in [0.2, 0.25) is 0 Å². The van der Waals surface area contributed by atoms with Gasteiger partial charge in [0.1, 0.15) is 10.6 Å². The monoisotopic (exact) mass is 455 g/mol. The lowest BCUT2D eigenvalue weighted by Gasteiger charge is -2.42. The van der Waals surface area contributed by atoms with Crippen molar-refractivity contribution >= 4 is 21.4 Å². The average Bonchev–Trinajstić information content (AvgIpc) is 2.84. The van der Waals surface area contributed by atoms with Crippen molar-refractivity contribution in [2.45, 2.75) is 30.3 Å². The van der Waals surface area contributed by atoms with E-state index in [0.29, 0.717) is 18.3 Å². The molecule has 0 aliphatic heterocycles. The molecule has 0 spiro atoms. The van der Waals surface area contributed by atoms with Gasteiger partial charge in [0.25, 0.3) is 5.91 Å². The van der Waals surface area contributed by atoms with Crippen LogP contribution in [-0.2, 0) is 16.9 Å². The molecule has 1 aliphatic rings. The van der Waals surface area contributed by atoms with E-state index >= 15 is 0 Å². The Kier molecular flexibility index (Phi) is 5.37. The summed E-state index contributed by atoms with van der Waals surface area (Å²) in [6, 6.07) is 1.28. The van der Waals surface area contributed by atoms with Crippen molar-refractivity contribution in [3.05, 3.63) is 41.7 Å². The number of sulfone groups is 1. The molecular formula is C17H15F6N3O3S. The van der Waals surface area contributed by atoms with Gasteiger partial charge in [-0.2, -0.15) is 26.9 Å². The van der Waals surface area contributed by atoms with E-state index in [2.05, 4.69) is 4.98 Å². The van der Waals surface area contributed by atoms with E-state index in [1.807, 2.05) is 5.32 Å². The lowest BCUT2D eigenvalue weighted by Crippen LogP contribution is -2.48. The molecule has 1 fully saturated rings. The van der Waals surface area contributed by atoms with Gasteiger partial charge in [-0.1, -0.05) is 6.42 Å². The molecule has 0 aromatic carbocycles. The summed E-state index contributed by atoms with van der Waals surface area (Å²) in [7, 11) is -3.64. The summed E-state index contributed by atoms with van der Waals surface area (Å²) in [5.74, 6) is -6.68. The maximum Gasteiger partial charge on any atom is 0.395 e. The molecule has 1 amide bonds. The zero-order chi connectivity index (χ0) is 22.5. The molecule has 30 heavy (non-hydrogen) atoms. The minimum Gasteiger partial charge on any atom is -0.343 e. The molecule has 2 heterocycles. The van der Waals surface area contributed by atoms with Crippen molar-refractivity contribution in [2.24, 2.45) is 12.5 Å². The summed E-state index contributed by atoms with van der Waals surface area (Å²) in [6.45, 7) is 0. The van der Waals surface area contributed by atoms with Gasteiger partial charge < -0.3 is 9.88 Å². The van der Waals surface area contributed by atoms with Gasteiger partial charge >= 0.3 is 6.18 Å². The number of amides is 1. The van der Waals surface area contributed by atoms with Crippen LogP contribution in [0.3, 0.4) is 0 Å². The van der Waals surface area contributed by atoms with Gasteiger partial charge in [0, 0.05) is 25.4 Å². The molecule has 1 N–H and O–H groups in total. The molecule has 1 aliphatic carbocycles. The highest BCUT2D eigenvalue weighted by atomic mass is 32.2. The van der Waals surface area contributed by atoms with Crippen molar-refractivity contribution in [1.82, 2.24) is 9.55 Å². The molecule has 0 radical (unpaired) electrons. The van der Waals surface area contributed by atoms with Gasteiger partial charge in [-0.25, -0.2) is 12.8 Å². The van der Waals surface area contributed by atoms with E-state index in [9.17, 15) is 39.6 Å². The van der Waals surface area contributed by atoms with Crippen LogP contribution in [0.1, 0.15) is 29.8 Å². The van der Waals surface area contributed by atoms with Gasteiger partial charge in [-0.05, 0) is 12.8 Å². The summed E-state index contributed by atoms with van der Waals surface area (Å²) < 4.78 is 107. The largest absolute Gasteiger partial charge is 0.395 e. The van der Waals surface area contributed by atoms with E-state index in [4.69, 9.17) is 0 Å². The zero-order valence-electron chi connectivity index (χ0n) is 15.4. The molecule has 164 valence electrons. The molecule has 3 rings (SSSR count). The third-order valence-electron chi connectivity index (χ3n) is 5.04. The number of aryl methyl sites for hydroxylation is 1. The normalized spacial score (nSPS) is 16.2. The predicted octanol–water partition coefficient (Wildman–Crippen LogP) is 3.60. The Hall–Kier alpha value is -2.57. The van der Waals surface area contributed by atoms with Crippen molar-refractivity contribution < 1.29 is 39.6 Å². The molecule has 0 bridgehead atoms. The first-order chi connectivity index (χ1) is 13.8. The number of aromatic nitrogens is 2. The van der Waals surface area contributed by atoms with Gasteiger partial charge in [0.2, 0.25) is 11.9 Å². The molecule has 2 aromatic rings. The van der Waals surface area contributed by atoms with E-state index in [-0.39, 0.29) is 6.42 Å². The lowest BCUT2D eigenvalue weighted by molar-refractivity contribution is -0.241. The Labute approximate surface area is 166 Å². The number of nitrogens with zero attached hydrogens (tertiary/aromatic N) is 2. The van der Waals surface area contributed by atoms with Crippen molar-refractivity contribution in [1.29, 1.82) is 0 Å². The highest BCUT2D eigenvalue weighted by molar-refractivity contribution is 7.91. The van der Waals surface area contributed by atoms with Crippen LogP contribution >= 0.6 is 0 Å². The van der Waals surface area contributed by atoms with Crippen LogP contribution in [0.25, 0.3) is 0 Å². The number of halogens is 6. The molecule has 0 atom stereocenters. The van der Waals surface area contributed by atoms with Crippen molar-refractivity contribution in [3.8, 4) is 0 Å². The summed E-state index contributed by atoms with van der Waals surface area (Å²) >= 11 is 0. The minimum atomic E-state index is -4.78. The molecular weight excluding hydrogens is 440 g/mol. The second-order valence-corrected chi connectivity index (χ2v) is 9.07. The lowest BCUT2D eigenvalue weighted by atomic mass is 9.70. The molecule has 1 saturated carbocycles. The third-order valence-corrected chi connectivity index (χ3v) is 6.92. The summed E-state index contributed by atoms with van der Waals surface area (Å²) in [6.07, 6.45) is -4.68. The fourth-order valence-electron chi connectivity index (χ4n) is 3.33. The fraction of sp³-hybridized carbons (Fsp3) is 0.412. The van der Waals surface area contributed by atoms with Gasteiger partial charge in [0.15, 0.2) is 15.7 Å². The van der Waals surface area contributed by atoms with E-state index < -0.39 is 79.9 Å². The maximum atomic E-state index is 14.8.